The number of hydrogen-bond acceptors (Lipinski definition) is 18. The maximum absolute atomic E-state index is 13.2. The average molecular weight is 588 g/mol. The Hall–Kier alpha value is -2.98. The van der Waals surface area contributed by atoms with E-state index in [9.17, 15) is 34.9 Å². The van der Waals surface area contributed by atoms with E-state index in [1.807, 2.05) is 4.98 Å². The number of phosphoric ester groups is 1. The molecular formula is C19H25N8O12P+. The topological polar surface area (TPSA) is 300 Å². The summed E-state index contributed by atoms with van der Waals surface area (Å²) in [4.78, 5) is 51.8. The summed E-state index contributed by atoms with van der Waals surface area (Å²) in [5.74, 6) is 5.44. The van der Waals surface area contributed by atoms with Gasteiger partial charge in [0.2, 0.25) is 6.23 Å². The van der Waals surface area contributed by atoms with Gasteiger partial charge in [-0.25, -0.2) is 9.78 Å². The van der Waals surface area contributed by atoms with E-state index in [0.717, 1.165) is 16.8 Å². The van der Waals surface area contributed by atoms with Gasteiger partial charge in [0.05, 0.1) is 6.61 Å². The molecule has 9 atom stereocenters. The zero-order valence-corrected chi connectivity index (χ0v) is 21.1. The van der Waals surface area contributed by atoms with Crippen molar-refractivity contribution in [3.8, 4) is 0 Å². The zero-order valence-electron chi connectivity index (χ0n) is 20.2. The fourth-order valence-electron chi connectivity index (χ4n) is 4.41. The number of hydrogen-bond donors (Lipinski definition) is 7. The zero-order chi connectivity index (χ0) is 28.8. The summed E-state index contributed by atoms with van der Waals surface area (Å²) in [6.07, 6.45) is -8.21. The minimum atomic E-state index is -4.74. The monoisotopic (exact) mass is 588 g/mol. The first-order valence-electron chi connectivity index (χ1n) is 11.6. The van der Waals surface area contributed by atoms with Gasteiger partial charge < -0.3 is 40.5 Å². The van der Waals surface area contributed by atoms with Crippen LogP contribution in [0.3, 0.4) is 0 Å². The molecule has 1 radical (unpaired) electrons. The highest BCUT2D eigenvalue weighted by molar-refractivity contribution is 7.53. The van der Waals surface area contributed by atoms with Crippen molar-refractivity contribution in [3.63, 3.8) is 0 Å². The summed E-state index contributed by atoms with van der Waals surface area (Å²) in [6, 6.07) is 1.01. The highest BCUT2D eigenvalue weighted by Gasteiger charge is 2.57. The lowest BCUT2D eigenvalue weighted by molar-refractivity contribution is -0.260. The lowest BCUT2D eigenvalue weighted by Gasteiger charge is -2.28. The van der Waals surface area contributed by atoms with Crippen LogP contribution in [0.2, 0.25) is 0 Å². The summed E-state index contributed by atoms with van der Waals surface area (Å²) >= 11 is 0. The fourth-order valence-corrected chi connectivity index (χ4v) is 5.47. The van der Waals surface area contributed by atoms with E-state index in [2.05, 4.69) is 19.6 Å². The summed E-state index contributed by atoms with van der Waals surface area (Å²) < 4.78 is 27.0. The quantitative estimate of drug-likeness (QED) is 0.106. The van der Waals surface area contributed by atoms with Crippen LogP contribution in [0.5, 0.6) is 0 Å². The van der Waals surface area contributed by atoms with Gasteiger partial charge in [0.25, 0.3) is 23.4 Å². The largest absolute Gasteiger partial charge is 0.604 e. The Morgan fingerprint density at radius 1 is 1.15 bits per heavy atom. The number of aliphatic hydroxyl groups is 4. The molecular weight excluding hydrogens is 563 g/mol. The number of nitrogens with two attached hydrogens (primary N) is 2. The van der Waals surface area contributed by atoms with E-state index in [4.69, 9.17) is 30.2 Å². The number of nitrogens with one attached hydrogen (secondary N) is 1. The van der Waals surface area contributed by atoms with Gasteiger partial charge in [-0.2, -0.15) is 24.8 Å². The maximum Gasteiger partial charge on any atom is 0.404 e. The number of nitrogens with zero attached hydrogens (tertiary/aromatic N) is 5. The second kappa shape index (κ2) is 11.1. The van der Waals surface area contributed by atoms with Crippen LogP contribution < -0.4 is 37.7 Å². The molecule has 2 aromatic rings. The van der Waals surface area contributed by atoms with Crippen LogP contribution in [0.15, 0.2) is 28.2 Å². The molecule has 0 spiro atoms. The Kier molecular flexibility index (Phi) is 7.94. The van der Waals surface area contributed by atoms with Gasteiger partial charge >= 0.3 is 13.9 Å². The van der Waals surface area contributed by atoms with Crippen molar-refractivity contribution in [2.75, 3.05) is 23.8 Å². The Balaban J connectivity index is 1.27. The van der Waals surface area contributed by atoms with Gasteiger partial charge in [0.1, 0.15) is 37.4 Å². The molecule has 9 N–H and O–H groups in total. The summed E-state index contributed by atoms with van der Waals surface area (Å²) in [5, 5.41) is 41.5. The van der Waals surface area contributed by atoms with Crippen molar-refractivity contribution < 1.29 is 48.5 Å². The lowest BCUT2D eigenvalue weighted by atomic mass is 10.1. The highest BCUT2D eigenvalue weighted by atomic mass is 31.2. The second-order valence-electron chi connectivity index (χ2n) is 8.80. The van der Waals surface area contributed by atoms with Crippen molar-refractivity contribution in [2.45, 2.75) is 49.1 Å². The predicted octanol–water partition coefficient (Wildman–Crippen LogP) is -5.55. The molecule has 0 amide bonds. The van der Waals surface area contributed by atoms with Gasteiger partial charge in [-0.1, -0.05) is 4.62 Å². The number of aromatic amines is 1. The first-order valence-corrected chi connectivity index (χ1v) is 13.0. The van der Waals surface area contributed by atoms with E-state index in [-0.39, 0.29) is 17.3 Å². The van der Waals surface area contributed by atoms with Gasteiger partial charge in [0.15, 0.2) is 24.3 Å². The number of anilines is 2. The number of aliphatic hydroxyl groups excluding tert-OH is 4. The normalized spacial score (nSPS) is 32.9. The smallest absolute Gasteiger partial charge is 0.404 e. The molecule has 0 saturated carbocycles. The number of phosphoric acid groups is 1. The Morgan fingerprint density at radius 3 is 2.60 bits per heavy atom. The van der Waals surface area contributed by atoms with Crippen molar-refractivity contribution in [1.82, 2.24) is 24.5 Å². The van der Waals surface area contributed by atoms with Crippen LogP contribution in [0.4, 0.5) is 17.3 Å². The van der Waals surface area contributed by atoms with E-state index in [1.54, 1.807) is 0 Å². The Morgan fingerprint density at radius 2 is 1.90 bits per heavy atom. The van der Waals surface area contributed by atoms with Gasteiger partial charge in [-0.05, 0) is 4.99 Å². The second-order valence-corrected chi connectivity index (χ2v) is 10.4. The number of nitrogen functional groups attached to an aromatic ring is 1. The third kappa shape index (κ3) is 5.11. The minimum Gasteiger partial charge on any atom is -0.604 e. The van der Waals surface area contributed by atoms with Gasteiger partial charge in [-0.15, -0.1) is 0 Å². The molecule has 1 unspecified atom stereocenters. The molecule has 3 aliphatic heterocycles. The molecule has 2 fully saturated rings. The molecule has 5 rings (SSSR count). The van der Waals surface area contributed by atoms with Crippen molar-refractivity contribution in [2.24, 2.45) is 5.90 Å². The molecule has 0 aliphatic carbocycles. The first-order chi connectivity index (χ1) is 19.1. The first kappa shape index (κ1) is 28.5. The Bertz CT molecular complexity index is 1380. The van der Waals surface area contributed by atoms with Crippen LogP contribution in [0.1, 0.15) is 6.23 Å². The van der Waals surface area contributed by atoms with Crippen LogP contribution in [-0.2, 0) is 23.1 Å². The van der Waals surface area contributed by atoms with Crippen LogP contribution >= 0.6 is 8.17 Å². The molecule has 20 nitrogen and oxygen atoms in total. The molecule has 5 heterocycles. The summed E-state index contributed by atoms with van der Waals surface area (Å²) in [6.45, 7) is -1.43. The number of ether oxygens (including phenoxy) is 2. The molecule has 3 aliphatic rings. The summed E-state index contributed by atoms with van der Waals surface area (Å²) in [7, 11) is -4.74. The van der Waals surface area contributed by atoms with Gasteiger partial charge in [-0.3, -0.25) is 14.3 Å². The maximum atomic E-state index is 13.2. The number of H-pyrrole nitrogens is 1. The van der Waals surface area contributed by atoms with E-state index >= 15 is 0 Å². The van der Waals surface area contributed by atoms with Gasteiger partial charge in [0, 0.05) is 12.3 Å². The number of aliphatic imine (C=N–C) groups is 1. The standard InChI is InChI=1S/C19H25N8O12P/c20-15-10-16(23-5-22-15)27(6-24-10)18-13(32)14(7(3-28)36-18)38-40(34,39-21)35-4-8-11(30)12(31)17(37-8)26-2-1-9(29)25-19(26)33/h1-2,5-8,11-14,17-18,28,30-32H,3-4,21H2,(H2,20,22,23)(H,25,29,33)/q+1/t7-,8-,11-,12-,13-,14-,17-,18-,40?/m1/s1. The van der Waals surface area contributed by atoms with Crippen LogP contribution in [0.25, 0.3) is 0 Å². The Labute approximate surface area is 223 Å². The predicted molar refractivity (Wildman–Crippen MR) is 129 cm³/mol. The molecule has 217 valence electrons. The molecule has 40 heavy (non-hydrogen) atoms. The molecule has 21 heteroatoms. The number of aromatic nitrogens is 4. The molecule has 2 saturated heterocycles. The number of fused-ring (bicyclic) bond motifs is 1. The van der Waals surface area contributed by atoms with Crippen LogP contribution in [-0.4, -0.2) is 102 Å². The van der Waals surface area contributed by atoms with Crippen molar-refractivity contribution in [3.05, 3.63) is 39.4 Å². The molecule has 0 bridgehead atoms. The SMILES string of the molecule is NO[P+]([O-])(OC[C@H]1O[C@@H](n2ccc(=O)[nH]c2=O)[C@H](O)[C@@H]1O)O[C@H]1[C@@H](O)[C@H](N2C=[N+]c3c(N)ncnc32)O[C@@H]1CO. The third-order valence-corrected chi connectivity index (χ3v) is 7.62. The molecule has 2 aromatic heterocycles. The highest BCUT2D eigenvalue weighted by Crippen LogP contribution is 2.55. The minimum absolute atomic E-state index is 0.0753. The summed E-state index contributed by atoms with van der Waals surface area (Å²) in [5.41, 5.74) is 4.41. The van der Waals surface area contributed by atoms with Crippen molar-refractivity contribution in [1.29, 1.82) is 0 Å². The molecule has 0 aromatic carbocycles. The number of rotatable bonds is 9. The van der Waals surface area contributed by atoms with E-state index < -0.39 is 81.7 Å². The fraction of sp³-hybridized carbons (Fsp3) is 0.526. The van der Waals surface area contributed by atoms with E-state index in [0.29, 0.717) is 0 Å². The lowest BCUT2D eigenvalue weighted by Crippen LogP contribution is -2.45. The van der Waals surface area contributed by atoms with Crippen LogP contribution in [0, 0.1) is 0 Å². The third-order valence-electron chi connectivity index (χ3n) is 6.39. The average Bonchev–Trinajstić information content (AvgIpc) is 3.58. The van der Waals surface area contributed by atoms with E-state index in [1.165, 1.54) is 17.6 Å². The van der Waals surface area contributed by atoms with Crippen molar-refractivity contribution >= 4 is 31.8 Å².